The number of carbonyl (C=O) groups is 2. The Balaban J connectivity index is 2.55. The van der Waals surface area contributed by atoms with E-state index in [1.807, 2.05) is 25.1 Å². The van der Waals surface area contributed by atoms with E-state index in [0.29, 0.717) is 12.2 Å². The van der Waals surface area contributed by atoms with E-state index in [-0.39, 0.29) is 30.4 Å². The lowest BCUT2D eigenvalue weighted by Gasteiger charge is -2.42. The Labute approximate surface area is 119 Å². The zero-order valence-electron chi connectivity index (χ0n) is 12.2. The van der Waals surface area contributed by atoms with Crippen molar-refractivity contribution in [2.75, 3.05) is 5.32 Å². The monoisotopic (exact) mass is 275 g/mol. The maximum Gasteiger partial charge on any atom is 0.244 e. The molecule has 1 N–H and O–H groups in total. The molecule has 1 aromatic rings. The van der Waals surface area contributed by atoms with Crippen LogP contribution in [0.3, 0.4) is 0 Å². The molecule has 0 saturated heterocycles. The van der Waals surface area contributed by atoms with Crippen molar-refractivity contribution in [3.8, 4) is 5.75 Å². The Kier molecular flexibility index (Phi) is 4.12. The molecular formula is C16H21NO3. The van der Waals surface area contributed by atoms with Crippen LogP contribution in [0.2, 0.25) is 0 Å². The van der Waals surface area contributed by atoms with Crippen LogP contribution in [0.15, 0.2) is 24.3 Å². The van der Waals surface area contributed by atoms with Crippen molar-refractivity contribution in [2.45, 2.75) is 51.7 Å². The molecule has 0 aliphatic carbocycles. The van der Waals surface area contributed by atoms with Crippen LogP contribution in [0.5, 0.6) is 5.75 Å². The van der Waals surface area contributed by atoms with Gasteiger partial charge >= 0.3 is 0 Å². The summed E-state index contributed by atoms with van der Waals surface area (Å²) in [6.45, 7) is 5.49. The number of hydrogen-bond donors (Lipinski definition) is 1. The lowest BCUT2D eigenvalue weighted by atomic mass is 9.80. The van der Waals surface area contributed by atoms with Crippen LogP contribution in [0.4, 0.5) is 5.69 Å². The van der Waals surface area contributed by atoms with Gasteiger partial charge in [-0.1, -0.05) is 32.9 Å². The van der Waals surface area contributed by atoms with Gasteiger partial charge in [0, 0.05) is 12.8 Å². The number of carbonyl (C=O) groups excluding carboxylic acids is 2. The molecule has 1 aliphatic rings. The van der Waals surface area contributed by atoms with Gasteiger partial charge in [0.2, 0.25) is 5.60 Å². The third-order valence-corrected chi connectivity index (χ3v) is 3.86. The maximum atomic E-state index is 12.5. The normalized spacial score (nSPS) is 19.4. The van der Waals surface area contributed by atoms with Gasteiger partial charge in [0.1, 0.15) is 5.75 Å². The van der Waals surface area contributed by atoms with E-state index in [0.717, 1.165) is 5.69 Å². The van der Waals surface area contributed by atoms with E-state index in [4.69, 9.17) is 4.74 Å². The van der Waals surface area contributed by atoms with Gasteiger partial charge in [0.15, 0.2) is 11.6 Å². The number of benzene rings is 1. The minimum absolute atomic E-state index is 0.154. The molecule has 1 unspecified atom stereocenters. The second-order valence-electron chi connectivity index (χ2n) is 4.99. The molecule has 4 nitrogen and oxygen atoms in total. The molecule has 0 bridgehead atoms. The number of hydrogen-bond acceptors (Lipinski definition) is 4. The first-order valence-corrected chi connectivity index (χ1v) is 7.21. The van der Waals surface area contributed by atoms with Crippen LogP contribution in [0, 0.1) is 0 Å². The average molecular weight is 275 g/mol. The number of ether oxygens (including phenoxy) is 1. The highest BCUT2D eigenvalue weighted by Gasteiger charge is 2.54. The lowest BCUT2D eigenvalue weighted by Crippen LogP contribution is -2.64. The number of fused-ring (bicyclic) bond motifs is 1. The topological polar surface area (TPSA) is 55.4 Å². The molecule has 1 atom stereocenters. The van der Waals surface area contributed by atoms with Gasteiger partial charge in [-0.3, -0.25) is 9.59 Å². The molecule has 0 radical (unpaired) electrons. The molecule has 2 rings (SSSR count). The molecule has 20 heavy (non-hydrogen) atoms. The van der Waals surface area contributed by atoms with Crippen LogP contribution in [0.25, 0.3) is 0 Å². The maximum absolute atomic E-state index is 12.5. The molecule has 0 aromatic heterocycles. The van der Waals surface area contributed by atoms with Crippen molar-refractivity contribution < 1.29 is 14.3 Å². The number of nitrogens with one attached hydrogen (secondary N) is 1. The first-order chi connectivity index (χ1) is 9.59. The van der Waals surface area contributed by atoms with Crippen molar-refractivity contribution >= 4 is 17.3 Å². The summed E-state index contributed by atoms with van der Waals surface area (Å²) in [5, 5.41) is 3.30. The highest BCUT2D eigenvalue weighted by molar-refractivity contribution is 6.12. The van der Waals surface area contributed by atoms with E-state index in [1.54, 1.807) is 19.9 Å². The summed E-state index contributed by atoms with van der Waals surface area (Å²) in [5.74, 6) is 0.261. The highest BCUT2D eigenvalue weighted by atomic mass is 16.5. The second kappa shape index (κ2) is 5.65. The van der Waals surface area contributed by atoms with Crippen molar-refractivity contribution in [2.24, 2.45) is 0 Å². The van der Waals surface area contributed by atoms with Crippen molar-refractivity contribution in [3.05, 3.63) is 24.3 Å². The van der Waals surface area contributed by atoms with Gasteiger partial charge in [-0.25, -0.2) is 0 Å². The zero-order chi connectivity index (χ0) is 14.8. The number of anilines is 1. The quantitative estimate of drug-likeness (QED) is 0.839. The molecule has 1 heterocycles. The minimum atomic E-state index is -1.38. The molecule has 108 valence electrons. The Bertz CT molecular complexity index is 508. The molecule has 0 spiro atoms. The summed E-state index contributed by atoms with van der Waals surface area (Å²) in [6, 6.07) is 7.10. The number of ketones is 2. The molecule has 1 aliphatic heterocycles. The fourth-order valence-electron chi connectivity index (χ4n) is 2.78. The summed E-state index contributed by atoms with van der Waals surface area (Å²) < 4.78 is 5.97. The van der Waals surface area contributed by atoms with E-state index in [9.17, 15) is 9.59 Å². The third kappa shape index (κ3) is 2.09. The molecule has 0 saturated carbocycles. The molecule has 0 amide bonds. The van der Waals surface area contributed by atoms with Crippen LogP contribution >= 0.6 is 0 Å². The first-order valence-electron chi connectivity index (χ1n) is 7.21. The zero-order valence-corrected chi connectivity index (χ0v) is 12.2. The fourth-order valence-corrected chi connectivity index (χ4v) is 2.78. The van der Waals surface area contributed by atoms with Crippen molar-refractivity contribution in [1.82, 2.24) is 0 Å². The molecule has 4 heteroatoms. The summed E-state index contributed by atoms with van der Waals surface area (Å²) in [6.07, 6.45) is 1.21. The van der Waals surface area contributed by atoms with Gasteiger partial charge in [-0.2, -0.15) is 0 Å². The average Bonchev–Trinajstić information content (AvgIpc) is 2.51. The fraction of sp³-hybridized carbons (Fsp3) is 0.500. The van der Waals surface area contributed by atoms with Gasteiger partial charge < -0.3 is 10.1 Å². The molecule has 1 aromatic carbocycles. The number of para-hydroxylation sites is 2. The van der Waals surface area contributed by atoms with Gasteiger partial charge in [0.05, 0.1) is 11.7 Å². The Morgan fingerprint density at radius 2 is 1.75 bits per heavy atom. The largest absolute Gasteiger partial charge is 0.467 e. The highest BCUT2D eigenvalue weighted by Crippen LogP contribution is 2.39. The summed E-state index contributed by atoms with van der Waals surface area (Å²) in [4.78, 5) is 25.0. The van der Waals surface area contributed by atoms with E-state index in [1.165, 1.54) is 0 Å². The molecule has 0 fully saturated rings. The smallest absolute Gasteiger partial charge is 0.244 e. The van der Waals surface area contributed by atoms with Gasteiger partial charge in [-0.05, 0) is 18.6 Å². The Morgan fingerprint density at radius 3 is 2.30 bits per heavy atom. The number of rotatable bonds is 5. The molecular weight excluding hydrogens is 254 g/mol. The van der Waals surface area contributed by atoms with Gasteiger partial charge in [0.25, 0.3) is 0 Å². The van der Waals surface area contributed by atoms with Gasteiger partial charge in [-0.15, -0.1) is 0 Å². The SMILES string of the molecule is CCC(=O)C1(C(=O)CC)Oc2ccccc2NC1CC. The first kappa shape index (κ1) is 14.6. The summed E-state index contributed by atoms with van der Waals surface area (Å²) in [7, 11) is 0. The van der Waals surface area contributed by atoms with Crippen LogP contribution in [-0.4, -0.2) is 23.2 Å². The predicted octanol–water partition coefficient (Wildman–Crippen LogP) is 2.97. The van der Waals surface area contributed by atoms with Crippen molar-refractivity contribution in [1.29, 1.82) is 0 Å². The predicted molar refractivity (Wildman–Crippen MR) is 78.1 cm³/mol. The lowest BCUT2D eigenvalue weighted by molar-refractivity contribution is -0.149. The second-order valence-corrected chi connectivity index (χ2v) is 4.99. The van der Waals surface area contributed by atoms with Crippen LogP contribution in [-0.2, 0) is 9.59 Å². The summed E-state index contributed by atoms with van der Waals surface area (Å²) >= 11 is 0. The third-order valence-electron chi connectivity index (χ3n) is 3.86. The Hall–Kier alpha value is -1.84. The van der Waals surface area contributed by atoms with Crippen LogP contribution in [0.1, 0.15) is 40.0 Å². The van der Waals surface area contributed by atoms with E-state index < -0.39 is 5.60 Å². The van der Waals surface area contributed by atoms with Crippen molar-refractivity contribution in [3.63, 3.8) is 0 Å². The number of Topliss-reactive ketones (excluding diaryl/α,β-unsaturated/α-hetero) is 2. The minimum Gasteiger partial charge on any atom is -0.467 e. The summed E-state index contributed by atoms with van der Waals surface area (Å²) in [5.41, 5.74) is -0.546. The van der Waals surface area contributed by atoms with E-state index in [2.05, 4.69) is 5.32 Å². The van der Waals surface area contributed by atoms with E-state index >= 15 is 0 Å². The standard InChI is InChI=1S/C16H21NO3/c1-4-13-16(14(18)5-2,15(19)6-3)20-12-10-8-7-9-11(12)17-13/h7-10,13,17H,4-6H2,1-3H3. The Morgan fingerprint density at radius 1 is 1.15 bits per heavy atom. The van der Waals surface area contributed by atoms with Crippen LogP contribution < -0.4 is 10.1 Å².